The molecule has 1 atom stereocenters. The van der Waals surface area contributed by atoms with Crippen molar-refractivity contribution in [3.8, 4) is 0 Å². The Bertz CT molecular complexity index is 262. The van der Waals surface area contributed by atoms with Crippen LogP contribution in [-0.4, -0.2) is 30.9 Å². The quantitative estimate of drug-likeness (QED) is 0.688. The third-order valence-corrected chi connectivity index (χ3v) is 3.13. The van der Waals surface area contributed by atoms with Crippen LogP contribution in [-0.2, 0) is 4.74 Å². The topological polar surface area (TPSA) is 41.5 Å². The van der Waals surface area contributed by atoms with Crippen LogP contribution in [0.25, 0.3) is 0 Å². The van der Waals surface area contributed by atoms with Crippen molar-refractivity contribution in [2.24, 2.45) is 0 Å². The van der Waals surface area contributed by atoms with Gasteiger partial charge in [0.1, 0.15) is 6.10 Å². The molecule has 0 aliphatic carbocycles. The Balaban J connectivity index is 1.99. The minimum absolute atomic E-state index is 0.303. The van der Waals surface area contributed by atoms with E-state index in [1.54, 1.807) is 11.3 Å². The highest BCUT2D eigenvalue weighted by molar-refractivity contribution is 7.10. The number of ether oxygens (including phenoxy) is 1. The highest BCUT2D eigenvalue weighted by Gasteiger charge is 2.06. The average Bonchev–Trinajstić information content (AvgIpc) is 2.75. The molecule has 3 nitrogen and oxygen atoms in total. The summed E-state index contributed by atoms with van der Waals surface area (Å²) in [4.78, 5) is 1.02. The number of rotatable bonds is 8. The molecule has 0 amide bonds. The molecule has 16 heavy (non-hydrogen) atoms. The van der Waals surface area contributed by atoms with Crippen LogP contribution in [0.2, 0.25) is 0 Å². The molecule has 1 rings (SSSR count). The van der Waals surface area contributed by atoms with Crippen molar-refractivity contribution >= 4 is 11.3 Å². The molecule has 0 fully saturated rings. The van der Waals surface area contributed by atoms with Gasteiger partial charge >= 0.3 is 0 Å². The van der Waals surface area contributed by atoms with E-state index in [0.717, 1.165) is 24.4 Å². The molecule has 1 heterocycles. The predicted octanol–water partition coefficient (Wildman–Crippen LogP) is 2.19. The summed E-state index contributed by atoms with van der Waals surface area (Å²) in [7, 11) is 0. The molecular formula is C12H21NO2S. The molecule has 0 aliphatic heterocycles. The maximum atomic E-state index is 9.77. The molecule has 0 bridgehead atoms. The number of thiophene rings is 1. The minimum atomic E-state index is -0.383. The third kappa shape index (κ3) is 5.61. The van der Waals surface area contributed by atoms with E-state index in [-0.39, 0.29) is 6.10 Å². The van der Waals surface area contributed by atoms with Crippen LogP contribution in [0, 0.1) is 0 Å². The molecule has 2 N–H and O–H groups in total. The van der Waals surface area contributed by atoms with E-state index in [4.69, 9.17) is 4.74 Å². The van der Waals surface area contributed by atoms with Crippen LogP contribution in [0.5, 0.6) is 0 Å². The van der Waals surface area contributed by atoms with Gasteiger partial charge in [0.2, 0.25) is 0 Å². The van der Waals surface area contributed by atoms with Crippen molar-refractivity contribution in [3.63, 3.8) is 0 Å². The van der Waals surface area contributed by atoms with Gasteiger partial charge in [-0.2, -0.15) is 0 Å². The maximum Gasteiger partial charge on any atom is 0.101 e. The largest absolute Gasteiger partial charge is 0.386 e. The van der Waals surface area contributed by atoms with E-state index in [2.05, 4.69) is 5.32 Å². The monoisotopic (exact) mass is 243 g/mol. The van der Waals surface area contributed by atoms with Gasteiger partial charge in [-0.3, -0.25) is 0 Å². The zero-order chi connectivity index (χ0) is 11.8. The number of aliphatic hydroxyl groups is 1. The van der Waals surface area contributed by atoms with Crippen molar-refractivity contribution in [3.05, 3.63) is 22.4 Å². The van der Waals surface area contributed by atoms with E-state index in [0.29, 0.717) is 12.6 Å². The van der Waals surface area contributed by atoms with Crippen molar-refractivity contribution in [2.75, 3.05) is 19.7 Å². The zero-order valence-electron chi connectivity index (χ0n) is 9.98. The Morgan fingerprint density at radius 2 is 2.31 bits per heavy atom. The molecule has 0 spiro atoms. The van der Waals surface area contributed by atoms with Gasteiger partial charge in [-0.05, 0) is 38.3 Å². The fourth-order valence-electron chi connectivity index (χ4n) is 1.34. The summed E-state index contributed by atoms with van der Waals surface area (Å²) in [6.45, 7) is 6.35. The van der Waals surface area contributed by atoms with Crippen LogP contribution in [0.4, 0.5) is 0 Å². The van der Waals surface area contributed by atoms with Crippen LogP contribution >= 0.6 is 11.3 Å². The summed E-state index contributed by atoms with van der Waals surface area (Å²) in [5.74, 6) is 0. The number of hydrogen-bond acceptors (Lipinski definition) is 4. The number of hydrogen-bond donors (Lipinski definition) is 2. The van der Waals surface area contributed by atoms with Crippen molar-refractivity contribution < 1.29 is 9.84 Å². The van der Waals surface area contributed by atoms with Gasteiger partial charge in [0.25, 0.3) is 0 Å². The number of nitrogens with one attached hydrogen (secondary N) is 1. The normalized spacial score (nSPS) is 13.2. The lowest BCUT2D eigenvalue weighted by Gasteiger charge is -2.11. The Kier molecular flexibility index (Phi) is 6.64. The second-order valence-corrected chi connectivity index (χ2v) is 4.99. The fraction of sp³-hybridized carbons (Fsp3) is 0.667. The lowest BCUT2D eigenvalue weighted by molar-refractivity contribution is 0.0763. The first-order chi connectivity index (χ1) is 7.70. The SMILES string of the molecule is CC(C)OCCCNCC(O)c1cccs1. The predicted molar refractivity (Wildman–Crippen MR) is 67.9 cm³/mol. The summed E-state index contributed by atoms with van der Waals surface area (Å²) in [5.41, 5.74) is 0. The first-order valence-corrected chi connectivity index (χ1v) is 6.62. The molecule has 92 valence electrons. The molecule has 0 saturated carbocycles. The Morgan fingerprint density at radius 3 is 2.94 bits per heavy atom. The first-order valence-electron chi connectivity index (χ1n) is 5.74. The van der Waals surface area contributed by atoms with Crippen molar-refractivity contribution in [2.45, 2.75) is 32.5 Å². The number of aliphatic hydroxyl groups excluding tert-OH is 1. The molecule has 0 aliphatic rings. The molecule has 0 radical (unpaired) electrons. The van der Waals surface area contributed by atoms with Gasteiger partial charge in [-0.1, -0.05) is 6.07 Å². The summed E-state index contributed by atoms with van der Waals surface area (Å²) >= 11 is 1.59. The lowest BCUT2D eigenvalue weighted by atomic mass is 10.3. The summed E-state index contributed by atoms with van der Waals surface area (Å²) in [6.07, 6.45) is 0.901. The van der Waals surface area contributed by atoms with Gasteiger partial charge in [0.15, 0.2) is 0 Å². The molecular weight excluding hydrogens is 222 g/mol. The van der Waals surface area contributed by atoms with Crippen LogP contribution in [0.1, 0.15) is 31.2 Å². The van der Waals surface area contributed by atoms with Crippen molar-refractivity contribution in [1.29, 1.82) is 0 Å². The van der Waals surface area contributed by atoms with E-state index in [1.165, 1.54) is 0 Å². The molecule has 1 unspecified atom stereocenters. The minimum Gasteiger partial charge on any atom is -0.386 e. The highest BCUT2D eigenvalue weighted by Crippen LogP contribution is 2.17. The van der Waals surface area contributed by atoms with Gasteiger partial charge < -0.3 is 15.2 Å². The molecule has 1 aromatic heterocycles. The smallest absolute Gasteiger partial charge is 0.101 e. The first kappa shape index (κ1) is 13.6. The average molecular weight is 243 g/mol. The Labute approximate surface area is 101 Å². The fourth-order valence-corrected chi connectivity index (χ4v) is 2.05. The molecule has 4 heteroatoms. The Hall–Kier alpha value is -0.420. The zero-order valence-corrected chi connectivity index (χ0v) is 10.8. The lowest BCUT2D eigenvalue weighted by Crippen LogP contribution is -2.23. The summed E-state index contributed by atoms with van der Waals surface area (Å²) in [6, 6.07) is 3.92. The van der Waals surface area contributed by atoms with Crippen LogP contribution in [0.3, 0.4) is 0 Å². The third-order valence-electron chi connectivity index (χ3n) is 2.16. The van der Waals surface area contributed by atoms with E-state index < -0.39 is 0 Å². The molecule has 1 aromatic rings. The van der Waals surface area contributed by atoms with Crippen LogP contribution in [0.15, 0.2) is 17.5 Å². The molecule has 0 saturated heterocycles. The highest BCUT2D eigenvalue weighted by atomic mass is 32.1. The summed E-state index contributed by atoms with van der Waals surface area (Å²) in [5, 5.41) is 15.0. The van der Waals surface area contributed by atoms with Gasteiger partial charge in [-0.25, -0.2) is 0 Å². The summed E-state index contributed by atoms with van der Waals surface area (Å²) < 4.78 is 5.42. The van der Waals surface area contributed by atoms with Gasteiger partial charge in [0.05, 0.1) is 6.10 Å². The van der Waals surface area contributed by atoms with E-state index >= 15 is 0 Å². The van der Waals surface area contributed by atoms with Gasteiger partial charge in [-0.15, -0.1) is 11.3 Å². The van der Waals surface area contributed by atoms with E-state index in [9.17, 15) is 5.11 Å². The van der Waals surface area contributed by atoms with E-state index in [1.807, 2.05) is 31.4 Å². The standard InChI is InChI=1S/C12H21NO2S/c1-10(2)15-7-4-6-13-9-11(14)12-5-3-8-16-12/h3,5,8,10-11,13-14H,4,6-7,9H2,1-2H3. The van der Waals surface area contributed by atoms with Crippen molar-refractivity contribution in [1.82, 2.24) is 5.32 Å². The second kappa shape index (κ2) is 7.79. The van der Waals surface area contributed by atoms with Crippen LogP contribution < -0.4 is 5.32 Å². The molecule has 0 aromatic carbocycles. The van der Waals surface area contributed by atoms with Gasteiger partial charge in [0, 0.05) is 18.0 Å². The Morgan fingerprint density at radius 1 is 1.50 bits per heavy atom. The maximum absolute atomic E-state index is 9.77. The second-order valence-electron chi connectivity index (χ2n) is 4.01.